The van der Waals surface area contributed by atoms with Crippen molar-refractivity contribution in [3.05, 3.63) is 29.3 Å². The monoisotopic (exact) mass is 292 g/mol. The maximum absolute atomic E-state index is 11.7. The number of aryl methyl sites for hydroxylation is 1. The highest BCUT2D eigenvalue weighted by Gasteiger charge is 2.10. The van der Waals surface area contributed by atoms with Crippen molar-refractivity contribution in [1.29, 1.82) is 0 Å². The standard InChI is InChI=1S/C11H16N2O3S.ClH/c1-8-3-4-9(12)7-10(8)11(14)13-5-6-17(2,15)16;/h3-4,7H,5-6,12H2,1-2H3,(H,13,14);1H. The van der Waals surface area contributed by atoms with Gasteiger partial charge in [-0.3, -0.25) is 4.79 Å². The number of anilines is 1. The third-order valence-corrected chi connectivity index (χ3v) is 3.21. The average Bonchev–Trinajstić information content (AvgIpc) is 2.19. The molecule has 102 valence electrons. The summed E-state index contributed by atoms with van der Waals surface area (Å²) in [6, 6.07) is 5.04. The minimum atomic E-state index is -3.06. The summed E-state index contributed by atoms with van der Waals surface area (Å²) in [6.07, 6.45) is 1.13. The van der Waals surface area contributed by atoms with E-state index in [4.69, 9.17) is 5.73 Å². The van der Waals surface area contributed by atoms with Crippen LogP contribution in [0.5, 0.6) is 0 Å². The largest absolute Gasteiger partial charge is 0.399 e. The van der Waals surface area contributed by atoms with E-state index in [9.17, 15) is 13.2 Å². The van der Waals surface area contributed by atoms with Gasteiger partial charge in [0.2, 0.25) is 0 Å². The van der Waals surface area contributed by atoms with Gasteiger partial charge in [-0.25, -0.2) is 8.42 Å². The van der Waals surface area contributed by atoms with Crippen LogP contribution in [-0.4, -0.2) is 32.9 Å². The molecule has 5 nitrogen and oxygen atoms in total. The zero-order chi connectivity index (χ0) is 13.1. The van der Waals surface area contributed by atoms with Crippen molar-refractivity contribution in [2.75, 3.05) is 24.3 Å². The van der Waals surface area contributed by atoms with E-state index in [1.165, 1.54) is 0 Å². The summed E-state index contributed by atoms with van der Waals surface area (Å²) >= 11 is 0. The van der Waals surface area contributed by atoms with Crippen LogP contribution in [0.2, 0.25) is 0 Å². The number of carbonyl (C=O) groups excluding carboxylic acids is 1. The molecule has 0 spiro atoms. The van der Waals surface area contributed by atoms with Crippen molar-refractivity contribution < 1.29 is 13.2 Å². The van der Waals surface area contributed by atoms with E-state index in [1.54, 1.807) is 25.1 Å². The summed E-state index contributed by atoms with van der Waals surface area (Å²) in [4.78, 5) is 11.7. The Morgan fingerprint density at radius 1 is 1.39 bits per heavy atom. The summed E-state index contributed by atoms with van der Waals surface area (Å²) in [5.41, 5.74) is 7.36. The molecule has 0 aliphatic rings. The van der Waals surface area contributed by atoms with E-state index >= 15 is 0 Å². The van der Waals surface area contributed by atoms with Gasteiger partial charge in [-0.15, -0.1) is 12.4 Å². The Morgan fingerprint density at radius 2 is 2.00 bits per heavy atom. The van der Waals surface area contributed by atoms with Crippen LogP contribution in [0, 0.1) is 6.92 Å². The first-order valence-corrected chi connectivity index (χ1v) is 7.18. The lowest BCUT2D eigenvalue weighted by atomic mass is 10.1. The maximum Gasteiger partial charge on any atom is 0.251 e. The van der Waals surface area contributed by atoms with Crippen molar-refractivity contribution in [2.45, 2.75) is 6.92 Å². The molecule has 3 N–H and O–H groups in total. The molecule has 0 bridgehead atoms. The topological polar surface area (TPSA) is 89.3 Å². The Kier molecular flexibility index (Phi) is 6.14. The second-order valence-electron chi connectivity index (χ2n) is 3.96. The number of nitrogen functional groups attached to an aromatic ring is 1. The predicted molar refractivity (Wildman–Crippen MR) is 74.9 cm³/mol. The number of halogens is 1. The Hall–Kier alpha value is -1.27. The first kappa shape index (κ1) is 16.7. The van der Waals surface area contributed by atoms with Gasteiger partial charge >= 0.3 is 0 Å². The lowest BCUT2D eigenvalue weighted by Gasteiger charge is -2.07. The van der Waals surface area contributed by atoms with Crippen LogP contribution < -0.4 is 11.1 Å². The molecular formula is C11H17ClN2O3S. The van der Waals surface area contributed by atoms with Crippen LogP contribution in [0.3, 0.4) is 0 Å². The quantitative estimate of drug-likeness (QED) is 0.802. The molecule has 1 aromatic carbocycles. The van der Waals surface area contributed by atoms with Gasteiger partial charge in [-0.2, -0.15) is 0 Å². The third kappa shape index (κ3) is 5.37. The fourth-order valence-corrected chi connectivity index (χ4v) is 1.80. The van der Waals surface area contributed by atoms with Crippen molar-refractivity contribution in [3.63, 3.8) is 0 Å². The van der Waals surface area contributed by atoms with Crippen molar-refractivity contribution in [1.82, 2.24) is 5.32 Å². The number of hydrogen-bond acceptors (Lipinski definition) is 4. The summed E-state index contributed by atoms with van der Waals surface area (Å²) in [7, 11) is -3.06. The Morgan fingerprint density at radius 3 is 2.56 bits per heavy atom. The smallest absolute Gasteiger partial charge is 0.251 e. The number of sulfone groups is 1. The zero-order valence-electron chi connectivity index (χ0n) is 10.3. The number of rotatable bonds is 4. The zero-order valence-corrected chi connectivity index (χ0v) is 11.9. The van der Waals surface area contributed by atoms with E-state index in [-0.39, 0.29) is 30.6 Å². The molecule has 0 aliphatic heterocycles. The first-order valence-electron chi connectivity index (χ1n) is 5.11. The van der Waals surface area contributed by atoms with Crippen LogP contribution >= 0.6 is 12.4 Å². The van der Waals surface area contributed by atoms with E-state index in [0.29, 0.717) is 11.3 Å². The molecule has 18 heavy (non-hydrogen) atoms. The molecule has 0 saturated carbocycles. The Labute approximate surface area is 113 Å². The highest BCUT2D eigenvalue weighted by Crippen LogP contribution is 2.12. The molecule has 1 rings (SSSR count). The Bertz CT molecular complexity index is 529. The van der Waals surface area contributed by atoms with Gasteiger partial charge < -0.3 is 11.1 Å². The van der Waals surface area contributed by atoms with Gasteiger partial charge in [0.05, 0.1) is 5.75 Å². The van der Waals surface area contributed by atoms with E-state index in [0.717, 1.165) is 11.8 Å². The van der Waals surface area contributed by atoms with Crippen molar-refractivity contribution in [3.8, 4) is 0 Å². The molecule has 7 heteroatoms. The highest BCUT2D eigenvalue weighted by molar-refractivity contribution is 7.90. The molecule has 0 aromatic heterocycles. The van der Waals surface area contributed by atoms with Crippen LogP contribution in [0.15, 0.2) is 18.2 Å². The minimum absolute atomic E-state index is 0. The lowest BCUT2D eigenvalue weighted by Crippen LogP contribution is -2.29. The van der Waals surface area contributed by atoms with Crippen molar-refractivity contribution >= 4 is 33.8 Å². The number of amides is 1. The van der Waals surface area contributed by atoms with Gasteiger partial charge in [0.15, 0.2) is 0 Å². The highest BCUT2D eigenvalue weighted by atomic mass is 35.5. The fourth-order valence-electron chi connectivity index (χ4n) is 1.33. The maximum atomic E-state index is 11.7. The van der Waals surface area contributed by atoms with E-state index in [1.807, 2.05) is 0 Å². The summed E-state index contributed by atoms with van der Waals surface area (Å²) in [5, 5.41) is 2.55. The van der Waals surface area contributed by atoms with Crippen molar-refractivity contribution in [2.24, 2.45) is 0 Å². The molecule has 0 radical (unpaired) electrons. The molecule has 0 heterocycles. The number of hydrogen-bond donors (Lipinski definition) is 2. The van der Waals surface area contributed by atoms with Crippen LogP contribution in [0.4, 0.5) is 5.69 Å². The van der Waals surface area contributed by atoms with E-state index in [2.05, 4.69) is 5.32 Å². The molecule has 0 aliphatic carbocycles. The Balaban J connectivity index is 0.00000289. The van der Waals surface area contributed by atoms with Gasteiger partial charge in [0.25, 0.3) is 5.91 Å². The molecule has 0 saturated heterocycles. The van der Waals surface area contributed by atoms with E-state index < -0.39 is 9.84 Å². The van der Waals surface area contributed by atoms with Crippen LogP contribution in [0.25, 0.3) is 0 Å². The van der Waals surface area contributed by atoms with Gasteiger partial charge in [0, 0.05) is 24.1 Å². The first-order chi connectivity index (χ1) is 7.79. The fraction of sp³-hybridized carbons (Fsp3) is 0.364. The van der Waals surface area contributed by atoms with Gasteiger partial charge in [0.1, 0.15) is 9.84 Å². The van der Waals surface area contributed by atoms with Gasteiger partial charge in [-0.1, -0.05) is 6.07 Å². The SMILES string of the molecule is Cc1ccc(N)cc1C(=O)NCCS(C)(=O)=O.Cl. The normalized spacial score (nSPS) is 10.6. The number of carbonyl (C=O) groups is 1. The summed E-state index contributed by atoms with van der Waals surface area (Å²) < 4.78 is 21.8. The molecular weight excluding hydrogens is 276 g/mol. The number of nitrogens with one attached hydrogen (secondary N) is 1. The molecule has 0 unspecified atom stereocenters. The molecule has 1 amide bonds. The molecule has 0 fully saturated rings. The molecule has 1 aromatic rings. The lowest BCUT2D eigenvalue weighted by molar-refractivity contribution is 0.0955. The summed E-state index contributed by atoms with van der Waals surface area (Å²) in [5.74, 6) is -0.376. The second kappa shape index (κ2) is 6.61. The molecule has 0 atom stereocenters. The van der Waals surface area contributed by atoms with Gasteiger partial charge in [-0.05, 0) is 24.6 Å². The minimum Gasteiger partial charge on any atom is -0.399 e. The van der Waals surface area contributed by atoms with Crippen LogP contribution in [-0.2, 0) is 9.84 Å². The second-order valence-corrected chi connectivity index (χ2v) is 6.22. The third-order valence-electron chi connectivity index (χ3n) is 2.26. The summed E-state index contributed by atoms with van der Waals surface area (Å²) in [6.45, 7) is 1.90. The number of benzene rings is 1. The van der Waals surface area contributed by atoms with Crippen LogP contribution in [0.1, 0.15) is 15.9 Å². The average molecular weight is 293 g/mol. The number of nitrogens with two attached hydrogens (primary N) is 1. The predicted octanol–water partition coefficient (Wildman–Crippen LogP) is 0.773.